The third-order valence-electron chi connectivity index (χ3n) is 9.86. The Morgan fingerprint density at radius 3 is 0.636 bits per heavy atom. The Labute approximate surface area is 275 Å². The number of carboxylic acid groups (broad SMARTS) is 2. The van der Waals surface area contributed by atoms with Crippen LogP contribution in [-0.4, -0.2) is 22.2 Å². The Morgan fingerprint density at radius 1 is 0.318 bits per heavy atom. The van der Waals surface area contributed by atoms with E-state index < -0.39 is 23.8 Å². The summed E-state index contributed by atoms with van der Waals surface area (Å²) in [5.74, 6) is -3.32. The zero-order valence-corrected chi connectivity index (χ0v) is 29.9. The van der Waals surface area contributed by atoms with E-state index in [1.807, 2.05) is 0 Å². The molecule has 0 saturated heterocycles. The monoisotopic (exact) mass is 623 g/mol. The first-order valence-electron chi connectivity index (χ1n) is 20.0. The van der Waals surface area contributed by atoms with Crippen LogP contribution in [0.2, 0.25) is 0 Å². The quantitative estimate of drug-likeness (QED) is 0.0676. The van der Waals surface area contributed by atoms with Gasteiger partial charge in [0.25, 0.3) is 0 Å². The molecule has 0 heterocycles. The number of carboxylic acids is 2. The second-order valence-electron chi connectivity index (χ2n) is 14.1. The van der Waals surface area contributed by atoms with Gasteiger partial charge in [-0.25, -0.2) is 0 Å². The predicted octanol–water partition coefficient (Wildman–Crippen LogP) is 13.7. The molecule has 0 aromatic carbocycles. The van der Waals surface area contributed by atoms with Gasteiger partial charge in [0.1, 0.15) is 0 Å². The molecule has 2 unspecified atom stereocenters. The van der Waals surface area contributed by atoms with Crippen molar-refractivity contribution in [3.63, 3.8) is 0 Å². The molecule has 0 aromatic rings. The minimum atomic E-state index is -0.922. The molecule has 0 aromatic heterocycles. The summed E-state index contributed by atoms with van der Waals surface area (Å²) >= 11 is 0. The van der Waals surface area contributed by atoms with Crippen LogP contribution in [0.4, 0.5) is 0 Å². The largest absolute Gasteiger partial charge is 0.481 e. The Morgan fingerprint density at radius 2 is 0.477 bits per heavy atom. The lowest BCUT2D eigenvalue weighted by Gasteiger charge is -2.20. The third-order valence-corrected chi connectivity index (χ3v) is 9.86. The summed E-state index contributed by atoms with van der Waals surface area (Å²) in [6, 6.07) is 0. The smallest absolute Gasteiger partial charge is 0.307 e. The normalized spacial score (nSPS) is 12.9. The van der Waals surface area contributed by atoms with Crippen LogP contribution in [0.5, 0.6) is 0 Å². The minimum absolute atomic E-state index is 0.503. The fourth-order valence-corrected chi connectivity index (χ4v) is 6.82. The van der Waals surface area contributed by atoms with Gasteiger partial charge in [0.15, 0.2) is 0 Å². The van der Waals surface area contributed by atoms with Crippen molar-refractivity contribution in [2.75, 3.05) is 0 Å². The van der Waals surface area contributed by atoms with E-state index in [-0.39, 0.29) is 0 Å². The van der Waals surface area contributed by atoms with Crippen molar-refractivity contribution in [2.24, 2.45) is 11.8 Å². The van der Waals surface area contributed by atoms with Gasteiger partial charge < -0.3 is 10.2 Å². The molecular weight excluding hydrogens is 544 g/mol. The maximum Gasteiger partial charge on any atom is 0.307 e. The van der Waals surface area contributed by atoms with Crippen LogP contribution >= 0.6 is 0 Å². The number of hydrogen-bond acceptors (Lipinski definition) is 2. The molecule has 0 aliphatic carbocycles. The van der Waals surface area contributed by atoms with Crippen molar-refractivity contribution in [1.82, 2.24) is 0 Å². The van der Waals surface area contributed by atoms with Crippen LogP contribution in [0.1, 0.15) is 232 Å². The van der Waals surface area contributed by atoms with Crippen molar-refractivity contribution in [3.05, 3.63) is 0 Å². The van der Waals surface area contributed by atoms with E-state index in [4.69, 9.17) is 0 Å². The molecule has 44 heavy (non-hydrogen) atoms. The molecule has 0 aliphatic rings. The number of hydrogen-bond donors (Lipinski definition) is 2. The maximum atomic E-state index is 11.9. The molecule has 0 saturated carbocycles. The summed E-state index contributed by atoms with van der Waals surface area (Å²) in [5.41, 5.74) is 0. The molecule has 0 radical (unpaired) electrons. The minimum Gasteiger partial charge on any atom is -0.481 e. The van der Waals surface area contributed by atoms with Gasteiger partial charge in [-0.2, -0.15) is 0 Å². The van der Waals surface area contributed by atoms with Crippen molar-refractivity contribution in [3.8, 4) is 0 Å². The highest BCUT2D eigenvalue weighted by atomic mass is 16.4. The zero-order valence-electron chi connectivity index (χ0n) is 29.9. The van der Waals surface area contributed by atoms with Crippen LogP contribution in [-0.2, 0) is 9.59 Å². The molecule has 4 nitrogen and oxygen atoms in total. The average Bonchev–Trinajstić information content (AvgIpc) is 3.00. The van der Waals surface area contributed by atoms with E-state index in [1.54, 1.807) is 0 Å². The first-order chi connectivity index (χ1) is 21.5. The molecule has 262 valence electrons. The van der Waals surface area contributed by atoms with Gasteiger partial charge in [0, 0.05) is 0 Å². The van der Waals surface area contributed by atoms with Crippen molar-refractivity contribution in [2.45, 2.75) is 232 Å². The lowest BCUT2D eigenvalue weighted by atomic mass is 9.84. The predicted molar refractivity (Wildman–Crippen MR) is 191 cm³/mol. The first-order valence-corrected chi connectivity index (χ1v) is 20.0. The van der Waals surface area contributed by atoms with Crippen molar-refractivity contribution in [1.29, 1.82) is 0 Å². The van der Waals surface area contributed by atoms with Crippen LogP contribution in [0.25, 0.3) is 0 Å². The van der Waals surface area contributed by atoms with E-state index in [2.05, 4.69) is 13.8 Å². The molecule has 2 N–H and O–H groups in total. The molecule has 0 amide bonds. The SMILES string of the molecule is CCCCCCCCCCCCCCCCCCCCC(C(=O)O)C(CCCCCCCCCCCCCCCC)C(=O)O. The summed E-state index contributed by atoms with van der Waals surface area (Å²) in [6.45, 7) is 4.54. The van der Waals surface area contributed by atoms with E-state index in [0.717, 1.165) is 38.5 Å². The summed E-state index contributed by atoms with van der Waals surface area (Å²) in [4.78, 5) is 23.9. The van der Waals surface area contributed by atoms with Gasteiger partial charge in [0.05, 0.1) is 11.8 Å². The highest BCUT2D eigenvalue weighted by molar-refractivity contribution is 5.79. The summed E-state index contributed by atoms with van der Waals surface area (Å²) in [5, 5.41) is 19.6. The fraction of sp³-hybridized carbons (Fsp3) is 0.950. The second-order valence-corrected chi connectivity index (χ2v) is 14.1. The standard InChI is InChI=1S/C40H78O4/c1-3-5-7-9-11-13-15-17-19-20-21-22-24-26-28-30-32-34-36-38(40(43)44)37(39(41)42)35-33-31-29-27-25-23-18-16-14-12-10-8-6-4-2/h37-38H,3-36H2,1-2H3,(H,41,42)(H,43,44). The van der Waals surface area contributed by atoms with E-state index >= 15 is 0 Å². The van der Waals surface area contributed by atoms with E-state index in [0.29, 0.717) is 12.8 Å². The topological polar surface area (TPSA) is 74.6 Å². The molecule has 4 heteroatoms. The molecule has 0 fully saturated rings. The summed E-state index contributed by atoms with van der Waals surface area (Å²) in [6.07, 6.45) is 42.3. The van der Waals surface area contributed by atoms with Gasteiger partial charge in [0.2, 0.25) is 0 Å². The highest BCUT2D eigenvalue weighted by Crippen LogP contribution is 2.26. The Balaban J connectivity index is 3.74. The van der Waals surface area contributed by atoms with Crippen LogP contribution in [0, 0.1) is 11.8 Å². The van der Waals surface area contributed by atoms with Gasteiger partial charge in [-0.1, -0.05) is 219 Å². The Kier molecular flexibility index (Phi) is 34.0. The van der Waals surface area contributed by atoms with Crippen LogP contribution < -0.4 is 0 Å². The number of carbonyl (C=O) groups is 2. The van der Waals surface area contributed by atoms with Gasteiger partial charge >= 0.3 is 11.9 Å². The second kappa shape index (κ2) is 34.8. The summed E-state index contributed by atoms with van der Waals surface area (Å²) in [7, 11) is 0. The molecule has 2 atom stereocenters. The first kappa shape index (κ1) is 42.9. The Hall–Kier alpha value is -1.06. The lowest BCUT2D eigenvalue weighted by molar-refractivity contribution is -0.154. The van der Waals surface area contributed by atoms with E-state index in [9.17, 15) is 19.8 Å². The molecule has 0 rings (SSSR count). The van der Waals surface area contributed by atoms with Gasteiger partial charge in [-0.3, -0.25) is 9.59 Å². The third kappa shape index (κ3) is 29.6. The van der Waals surface area contributed by atoms with Crippen LogP contribution in [0.3, 0.4) is 0 Å². The van der Waals surface area contributed by atoms with Gasteiger partial charge in [-0.15, -0.1) is 0 Å². The summed E-state index contributed by atoms with van der Waals surface area (Å²) < 4.78 is 0. The molecular formula is C40H78O4. The lowest BCUT2D eigenvalue weighted by Crippen LogP contribution is -2.30. The maximum absolute atomic E-state index is 11.9. The van der Waals surface area contributed by atoms with Gasteiger partial charge in [-0.05, 0) is 12.8 Å². The molecule has 0 spiro atoms. The van der Waals surface area contributed by atoms with E-state index in [1.165, 1.54) is 167 Å². The Bertz CT molecular complexity index is 604. The van der Waals surface area contributed by atoms with Crippen molar-refractivity contribution < 1.29 is 19.8 Å². The van der Waals surface area contributed by atoms with Crippen molar-refractivity contribution >= 4 is 11.9 Å². The number of aliphatic carboxylic acids is 2. The average molecular weight is 623 g/mol. The highest BCUT2D eigenvalue weighted by Gasteiger charge is 2.32. The van der Waals surface area contributed by atoms with Crippen LogP contribution in [0.15, 0.2) is 0 Å². The zero-order chi connectivity index (χ0) is 32.4. The molecule has 0 bridgehead atoms. The fourth-order valence-electron chi connectivity index (χ4n) is 6.82. The number of unbranched alkanes of at least 4 members (excludes halogenated alkanes) is 30. The molecule has 0 aliphatic heterocycles. The number of rotatable bonds is 37.